The van der Waals surface area contributed by atoms with E-state index in [-0.39, 0.29) is 5.91 Å². The molecule has 0 spiro atoms. The average molecular weight is 504 g/mol. The maximum atomic E-state index is 13.1. The van der Waals surface area contributed by atoms with Crippen molar-refractivity contribution in [3.05, 3.63) is 82.2 Å². The van der Waals surface area contributed by atoms with Gasteiger partial charge >= 0.3 is 0 Å². The third kappa shape index (κ3) is 7.93. The predicted octanol–water partition coefficient (Wildman–Crippen LogP) is 6.17. The van der Waals surface area contributed by atoms with E-state index in [1.165, 1.54) is 17.5 Å². The quantitative estimate of drug-likeness (QED) is 0.418. The highest BCUT2D eigenvalue weighted by atomic mass is 16.5. The molecule has 4 rings (SSSR count). The van der Waals surface area contributed by atoms with Crippen molar-refractivity contribution >= 4 is 5.91 Å². The van der Waals surface area contributed by atoms with Gasteiger partial charge in [-0.2, -0.15) is 0 Å². The summed E-state index contributed by atoms with van der Waals surface area (Å²) >= 11 is 0. The fourth-order valence-corrected chi connectivity index (χ4v) is 4.95. The first kappa shape index (κ1) is 26.9. The van der Waals surface area contributed by atoms with E-state index >= 15 is 0 Å². The van der Waals surface area contributed by atoms with E-state index in [9.17, 15) is 4.79 Å². The minimum Gasteiger partial charge on any atom is -0.493 e. The van der Waals surface area contributed by atoms with Gasteiger partial charge < -0.3 is 14.6 Å². The van der Waals surface area contributed by atoms with E-state index in [0.717, 1.165) is 74.3 Å². The van der Waals surface area contributed by atoms with Crippen LogP contribution in [0.5, 0.6) is 5.75 Å². The van der Waals surface area contributed by atoms with Crippen molar-refractivity contribution in [2.75, 3.05) is 19.7 Å². The first-order valence-electron chi connectivity index (χ1n) is 13.8. The summed E-state index contributed by atoms with van der Waals surface area (Å²) in [5, 5.41) is 7.15. The molecule has 0 saturated carbocycles. The molecule has 0 saturated heterocycles. The van der Waals surface area contributed by atoms with Crippen LogP contribution in [0.25, 0.3) is 0 Å². The van der Waals surface area contributed by atoms with Crippen molar-refractivity contribution in [1.29, 1.82) is 0 Å². The Morgan fingerprint density at radius 2 is 1.97 bits per heavy atom. The largest absolute Gasteiger partial charge is 0.493 e. The summed E-state index contributed by atoms with van der Waals surface area (Å²) < 4.78 is 11.4. The summed E-state index contributed by atoms with van der Waals surface area (Å²) in [4.78, 5) is 15.6. The van der Waals surface area contributed by atoms with Crippen molar-refractivity contribution < 1.29 is 14.1 Å². The van der Waals surface area contributed by atoms with Crippen molar-refractivity contribution in [2.24, 2.45) is 5.92 Å². The van der Waals surface area contributed by atoms with E-state index in [1.54, 1.807) is 6.26 Å². The molecule has 6 heteroatoms. The molecule has 0 fully saturated rings. The van der Waals surface area contributed by atoms with Crippen LogP contribution in [-0.2, 0) is 25.9 Å². The smallest absolute Gasteiger partial charge is 0.251 e. The van der Waals surface area contributed by atoms with Gasteiger partial charge in [0.15, 0.2) is 0 Å². The topological polar surface area (TPSA) is 67.6 Å². The molecule has 1 aliphatic heterocycles. The molecule has 3 aromatic rings. The lowest BCUT2D eigenvalue weighted by atomic mass is 9.99. The van der Waals surface area contributed by atoms with Crippen molar-refractivity contribution in [3.8, 4) is 5.75 Å². The summed E-state index contributed by atoms with van der Waals surface area (Å²) in [6, 6.07) is 14.6. The van der Waals surface area contributed by atoms with Gasteiger partial charge in [-0.05, 0) is 86.0 Å². The molecule has 2 aromatic carbocycles. The molecule has 0 atom stereocenters. The minimum atomic E-state index is -0.108. The predicted molar refractivity (Wildman–Crippen MR) is 147 cm³/mol. The van der Waals surface area contributed by atoms with Crippen LogP contribution in [-0.4, -0.2) is 35.7 Å². The second-order valence-corrected chi connectivity index (χ2v) is 10.6. The van der Waals surface area contributed by atoms with Gasteiger partial charge in [0.25, 0.3) is 5.91 Å². The summed E-state index contributed by atoms with van der Waals surface area (Å²) in [6.07, 6.45) is 7.71. The molecule has 2 bridgehead atoms. The molecular formula is C31H41N3O3. The van der Waals surface area contributed by atoms with Gasteiger partial charge in [-0.1, -0.05) is 50.2 Å². The van der Waals surface area contributed by atoms with E-state index in [4.69, 9.17) is 9.26 Å². The zero-order valence-corrected chi connectivity index (χ0v) is 22.6. The highest BCUT2D eigenvalue weighted by molar-refractivity contribution is 5.94. The molecule has 1 aliphatic rings. The van der Waals surface area contributed by atoms with Crippen LogP contribution in [0.15, 0.2) is 53.3 Å². The first-order valence-corrected chi connectivity index (χ1v) is 13.8. The van der Waals surface area contributed by atoms with E-state index in [0.29, 0.717) is 24.6 Å². The number of hydrogen-bond acceptors (Lipinski definition) is 5. The number of hydrogen-bond donors (Lipinski definition) is 1. The van der Waals surface area contributed by atoms with Crippen LogP contribution < -0.4 is 10.1 Å². The highest BCUT2D eigenvalue weighted by Crippen LogP contribution is 2.25. The highest BCUT2D eigenvalue weighted by Gasteiger charge is 2.15. The Bertz CT molecular complexity index is 1150. The molecular weight excluding hydrogens is 462 g/mol. The number of amides is 1. The Kier molecular flexibility index (Phi) is 9.78. The van der Waals surface area contributed by atoms with Gasteiger partial charge in [0.1, 0.15) is 12.0 Å². The summed E-state index contributed by atoms with van der Waals surface area (Å²) in [5.74, 6) is 1.23. The van der Waals surface area contributed by atoms with E-state index in [2.05, 4.69) is 60.4 Å². The molecule has 6 nitrogen and oxygen atoms in total. The number of fused-ring (bicyclic) bond motifs is 3. The SMILES string of the molecule is CCCN1CCCCCOc2ccc(C(=O)NCc3conc3CC(C)C)cc2Cc2cccc(c2)C1. The molecule has 198 valence electrons. The molecule has 1 N–H and O–H groups in total. The van der Waals surface area contributed by atoms with Crippen molar-refractivity contribution in [3.63, 3.8) is 0 Å². The average Bonchev–Trinajstić information content (AvgIpc) is 3.31. The molecule has 0 radical (unpaired) electrons. The van der Waals surface area contributed by atoms with Crippen LogP contribution in [0.4, 0.5) is 0 Å². The Balaban J connectivity index is 1.52. The third-order valence-corrected chi connectivity index (χ3v) is 6.80. The van der Waals surface area contributed by atoms with Gasteiger partial charge in [0, 0.05) is 30.6 Å². The summed E-state index contributed by atoms with van der Waals surface area (Å²) in [6.45, 7) is 10.9. The fourth-order valence-electron chi connectivity index (χ4n) is 4.95. The van der Waals surface area contributed by atoms with Crippen LogP contribution in [0, 0.1) is 5.92 Å². The Labute approximate surface area is 221 Å². The maximum absolute atomic E-state index is 13.1. The molecule has 2 heterocycles. The minimum absolute atomic E-state index is 0.108. The van der Waals surface area contributed by atoms with Gasteiger partial charge in [0.2, 0.25) is 0 Å². The lowest BCUT2D eigenvalue weighted by molar-refractivity contribution is 0.0950. The monoisotopic (exact) mass is 503 g/mol. The normalized spacial score (nSPS) is 15.0. The molecule has 0 aliphatic carbocycles. The van der Waals surface area contributed by atoms with E-state index < -0.39 is 0 Å². The number of nitrogens with one attached hydrogen (secondary N) is 1. The first-order chi connectivity index (χ1) is 18.0. The van der Waals surface area contributed by atoms with Crippen LogP contribution in [0.2, 0.25) is 0 Å². The standard InChI is InChI=1S/C31H41N3O3/c1-4-13-34-14-6-5-7-15-36-30-12-11-26(19-27(30)18-24-9-8-10-25(17-24)21-34)31(35)32-20-28-22-37-33-29(28)16-23(2)3/h8-12,17,19,22-23H,4-7,13-16,18,20-21H2,1-3H3,(H,32,35). The third-order valence-electron chi connectivity index (χ3n) is 6.80. The zero-order chi connectivity index (χ0) is 26.0. The fraction of sp³-hybridized carbons (Fsp3) is 0.484. The number of benzene rings is 2. The molecule has 37 heavy (non-hydrogen) atoms. The van der Waals surface area contributed by atoms with Gasteiger partial charge in [-0.25, -0.2) is 0 Å². The van der Waals surface area contributed by atoms with Crippen molar-refractivity contribution in [1.82, 2.24) is 15.4 Å². The summed E-state index contributed by atoms with van der Waals surface area (Å²) in [7, 11) is 0. The number of aromatic nitrogens is 1. The van der Waals surface area contributed by atoms with Crippen molar-refractivity contribution in [2.45, 2.75) is 72.4 Å². The Morgan fingerprint density at radius 1 is 1.11 bits per heavy atom. The lowest BCUT2D eigenvalue weighted by Crippen LogP contribution is -2.25. The Morgan fingerprint density at radius 3 is 2.81 bits per heavy atom. The Hall–Kier alpha value is -3.12. The van der Waals surface area contributed by atoms with E-state index in [1.807, 2.05) is 18.2 Å². The number of rotatable bonds is 7. The van der Waals surface area contributed by atoms with Crippen LogP contribution >= 0.6 is 0 Å². The van der Waals surface area contributed by atoms with Gasteiger partial charge in [-0.15, -0.1) is 0 Å². The second-order valence-electron chi connectivity index (χ2n) is 10.6. The lowest BCUT2D eigenvalue weighted by Gasteiger charge is -2.22. The summed E-state index contributed by atoms with van der Waals surface area (Å²) in [5.41, 5.74) is 6.08. The van der Waals surface area contributed by atoms with Crippen LogP contribution in [0.1, 0.15) is 84.8 Å². The number of carbonyl (C=O) groups excluding carboxylic acids is 1. The molecule has 1 aromatic heterocycles. The number of ether oxygens (including phenoxy) is 1. The maximum Gasteiger partial charge on any atom is 0.251 e. The molecule has 0 unspecified atom stereocenters. The van der Waals surface area contributed by atoms with Gasteiger partial charge in [0.05, 0.1) is 12.3 Å². The zero-order valence-electron chi connectivity index (χ0n) is 22.6. The van der Waals surface area contributed by atoms with Crippen LogP contribution in [0.3, 0.4) is 0 Å². The molecule has 1 amide bonds. The number of carbonyl (C=O) groups is 1. The van der Waals surface area contributed by atoms with Gasteiger partial charge in [-0.3, -0.25) is 9.69 Å². The number of nitrogens with zero attached hydrogens (tertiary/aromatic N) is 2. The second kappa shape index (κ2) is 13.4.